The van der Waals surface area contributed by atoms with Crippen molar-refractivity contribution in [2.75, 3.05) is 7.11 Å². The lowest BCUT2D eigenvalue weighted by atomic mass is 10.2. The van der Waals surface area contributed by atoms with Crippen molar-refractivity contribution in [1.29, 1.82) is 0 Å². The number of hydrogen-bond donors (Lipinski definition) is 1. The number of aromatic nitrogens is 1. The molecule has 2 rings (SSSR count). The maximum absolute atomic E-state index is 13.3. The quantitative estimate of drug-likeness (QED) is 0.653. The Morgan fingerprint density at radius 3 is 2.90 bits per heavy atom. The van der Waals surface area contributed by atoms with Crippen LogP contribution in [-0.4, -0.2) is 17.0 Å². The van der Waals surface area contributed by atoms with Crippen LogP contribution < -0.4 is 10.1 Å². The third-order valence-corrected chi connectivity index (χ3v) is 2.84. The number of methoxy groups -OCH3 is 1. The fourth-order valence-electron chi connectivity index (χ4n) is 1.92. The maximum Gasteiger partial charge on any atom is 0.272 e. The first-order valence-electron chi connectivity index (χ1n) is 6.22. The summed E-state index contributed by atoms with van der Waals surface area (Å²) in [7, 11) is 1.53. The molecule has 0 bridgehead atoms. The summed E-state index contributed by atoms with van der Waals surface area (Å²) in [6, 6.07) is 7.14. The number of halogens is 1. The van der Waals surface area contributed by atoms with Crippen LogP contribution in [0.1, 0.15) is 11.1 Å². The van der Waals surface area contributed by atoms with Crippen LogP contribution in [-0.2, 0) is 13.1 Å². The molecule has 0 unspecified atom stereocenters. The third-order valence-electron chi connectivity index (χ3n) is 2.84. The summed E-state index contributed by atoms with van der Waals surface area (Å²) in [5.74, 6) is -0.116. The highest BCUT2D eigenvalue weighted by Crippen LogP contribution is 2.17. The molecule has 2 aromatic rings. The van der Waals surface area contributed by atoms with Crippen molar-refractivity contribution in [3.05, 3.63) is 63.6 Å². The van der Waals surface area contributed by atoms with Gasteiger partial charge in [-0.05, 0) is 17.7 Å². The van der Waals surface area contributed by atoms with Crippen LogP contribution in [0.15, 0.2) is 36.5 Å². The first-order chi connectivity index (χ1) is 10.1. The Balaban J connectivity index is 2.02. The zero-order chi connectivity index (χ0) is 15.2. The van der Waals surface area contributed by atoms with Gasteiger partial charge in [-0.25, -0.2) is 9.37 Å². The van der Waals surface area contributed by atoms with E-state index in [1.165, 1.54) is 19.2 Å². The summed E-state index contributed by atoms with van der Waals surface area (Å²) >= 11 is 0. The number of ether oxygens (including phenoxy) is 1. The first-order valence-corrected chi connectivity index (χ1v) is 6.22. The molecule has 0 radical (unpaired) electrons. The molecule has 21 heavy (non-hydrogen) atoms. The highest BCUT2D eigenvalue weighted by Gasteiger charge is 2.10. The van der Waals surface area contributed by atoms with Gasteiger partial charge >= 0.3 is 0 Å². The molecule has 1 N–H and O–H groups in total. The molecule has 0 atom stereocenters. The molecule has 1 aromatic carbocycles. The molecule has 1 aromatic heterocycles. The molecule has 0 saturated carbocycles. The average Bonchev–Trinajstić information content (AvgIpc) is 2.47. The lowest BCUT2D eigenvalue weighted by molar-refractivity contribution is -0.385. The molecule has 0 aliphatic rings. The zero-order valence-corrected chi connectivity index (χ0v) is 11.4. The van der Waals surface area contributed by atoms with Crippen molar-refractivity contribution in [3.63, 3.8) is 0 Å². The van der Waals surface area contributed by atoms with E-state index in [2.05, 4.69) is 10.3 Å². The minimum atomic E-state index is -0.625. The lowest BCUT2D eigenvalue weighted by Gasteiger charge is -2.08. The van der Waals surface area contributed by atoms with Crippen LogP contribution in [0.25, 0.3) is 0 Å². The van der Waals surface area contributed by atoms with Crippen LogP contribution in [0.4, 0.5) is 10.1 Å². The highest BCUT2D eigenvalue weighted by atomic mass is 19.1. The Morgan fingerprint density at radius 1 is 1.38 bits per heavy atom. The molecular formula is C14H14FN3O3. The van der Waals surface area contributed by atoms with Crippen LogP contribution in [0.5, 0.6) is 5.88 Å². The second kappa shape index (κ2) is 6.76. The summed E-state index contributed by atoms with van der Waals surface area (Å²) in [6.07, 6.45) is 1.62. The number of nitro groups is 1. The van der Waals surface area contributed by atoms with Gasteiger partial charge in [-0.2, -0.15) is 0 Å². The van der Waals surface area contributed by atoms with Crippen LogP contribution in [0, 0.1) is 15.9 Å². The molecule has 0 aliphatic carbocycles. The molecule has 0 amide bonds. The smallest absolute Gasteiger partial charge is 0.272 e. The SMILES string of the molecule is COc1ncccc1CNCc1cc(F)cc([N+](=O)[O-])c1. The fourth-order valence-corrected chi connectivity index (χ4v) is 1.92. The Labute approximate surface area is 120 Å². The van der Waals surface area contributed by atoms with Crippen molar-refractivity contribution >= 4 is 5.69 Å². The molecule has 1 heterocycles. The molecule has 110 valence electrons. The predicted molar refractivity (Wildman–Crippen MR) is 74.4 cm³/mol. The summed E-state index contributed by atoms with van der Waals surface area (Å²) in [6.45, 7) is 0.762. The Kier molecular flexibility index (Phi) is 4.78. The largest absolute Gasteiger partial charge is 0.481 e. The highest BCUT2D eigenvalue weighted by molar-refractivity contribution is 5.35. The van der Waals surface area contributed by atoms with Gasteiger partial charge in [0.15, 0.2) is 0 Å². The number of hydrogen-bond acceptors (Lipinski definition) is 5. The molecule has 0 fully saturated rings. The summed E-state index contributed by atoms with van der Waals surface area (Å²) in [5.41, 5.74) is 1.10. The monoisotopic (exact) mass is 291 g/mol. The van der Waals surface area contributed by atoms with Gasteiger partial charge in [0.2, 0.25) is 5.88 Å². The Morgan fingerprint density at radius 2 is 2.19 bits per heavy atom. The number of rotatable bonds is 6. The molecule has 0 spiro atoms. The maximum atomic E-state index is 13.3. The number of benzene rings is 1. The molecule has 0 aliphatic heterocycles. The van der Waals surface area contributed by atoms with Gasteiger partial charge in [0.05, 0.1) is 18.1 Å². The van der Waals surface area contributed by atoms with Gasteiger partial charge in [-0.15, -0.1) is 0 Å². The van der Waals surface area contributed by atoms with E-state index in [-0.39, 0.29) is 5.69 Å². The van der Waals surface area contributed by atoms with Crippen molar-refractivity contribution in [2.24, 2.45) is 0 Å². The second-order valence-corrected chi connectivity index (χ2v) is 4.35. The van der Waals surface area contributed by atoms with E-state index in [0.717, 1.165) is 11.6 Å². The number of pyridine rings is 1. The Hall–Kier alpha value is -2.54. The van der Waals surface area contributed by atoms with E-state index < -0.39 is 10.7 Å². The minimum Gasteiger partial charge on any atom is -0.481 e. The normalized spacial score (nSPS) is 10.4. The van der Waals surface area contributed by atoms with Crippen LogP contribution >= 0.6 is 0 Å². The van der Waals surface area contributed by atoms with Gasteiger partial charge in [0.1, 0.15) is 5.82 Å². The Bertz CT molecular complexity index is 649. The van der Waals surface area contributed by atoms with E-state index in [9.17, 15) is 14.5 Å². The standard InChI is InChI=1S/C14H14FN3O3/c1-21-14-11(3-2-4-17-14)9-16-8-10-5-12(15)7-13(6-10)18(19)20/h2-7,16H,8-9H2,1H3. The molecule has 0 saturated heterocycles. The topological polar surface area (TPSA) is 77.3 Å². The molecular weight excluding hydrogens is 277 g/mol. The third kappa shape index (κ3) is 3.96. The van der Waals surface area contributed by atoms with Crippen molar-refractivity contribution < 1.29 is 14.1 Å². The summed E-state index contributed by atoms with van der Waals surface area (Å²) < 4.78 is 18.4. The number of nitrogens with one attached hydrogen (secondary N) is 1. The van der Waals surface area contributed by atoms with Gasteiger partial charge in [0, 0.05) is 30.9 Å². The number of non-ortho nitro benzene ring substituents is 1. The number of nitro benzene ring substituents is 1. The number of nitrogens with zero attached hydrogens (tertiary/aromatic N) is 2. The van der Waals surface area contributed by atoms with E-state index in [1.54, 1.807) is 12.3 Å². The molecule has 6 nitrogen and oxygen atoms in total. The van der Waals surface area contributed by atoms with Gasteiger partial charge in [0.25, 0.3) is 5.69 Å². The second-order valence-electron chi connectivity index (χ2n) is 4.35. The van der Waals surface area contributed by atoms with E-state index >= 15 is 0 Å². The zero-order valence-electron chi connectivity index (χ0n) is 11.4. The van der Waals surface area contributed by atoms with Gasteiger partial charge in [-0.1, -0.05) is 6.07 Å². The van der Waals surface area contributed by atoms with Crippen molar-refractivity contribution in [3.8, 4) is 5.88 Å². The average molecular weight is 291 g/mol. The van der Waals surface area contributed by atoms with E-state index in [0.29, 0.717) is 24.5 Å². The van der Waals surface area contributed by atoms with Crippen molar-refractivity contribution in [1.82, 2.24) is 10.3 Å². The summed E-state index contributed by atoms with van der Waals surface area (Å²) in [5, 5.41) is 13.8. The predicted octanol–water partition coefficient (Wildman–Crippen LogP) is 2.43. The van der Waals surface area contributed by atoms with E-state index in [4.69, 9.17) is 4.74 Å². The first kappa shape index (κ1) is 14.9. The van der Waals surface area contributed by atoms with E-state index in [1.807, 2.05) is 6.07 Å². The van der Waals surface area contributed by atoms with Crippen molar-refractivity contribution in [2.45, 2.75) is 13.1 Å². The molecule has 7 heteroatoms. The van der Waals surface area contributed by atoms with Gasteiger partial charge < -0.3 is 10.1 Å². The summed E-state index contributed by atoms with van der Waals surface area (Å²) in [4.78, 5) is 14.1. The van der Waals surface area contributed by atoms with Gasteiger partial charge in [-0.3, -0.25) is 10.1 Å². The fraction of sp³-hybridized carbons (Fsp3) is 0.214. The van der Waals surface area contributed by atoms with Crippen LogP contribution in [0.2, 0.25) is 0 Å². The minimum absolute atomic E-state index is 0.259. The van der Waals surface area contributed by atoms with Crippen LogP contribution in [0.3, 0.4) is 0 Å². The lowest BCUT2D eigenvalue weighted by Crippen LogP contribution is -2.14.